The standard InChI is InChI=1S/C22H31N3O2/c1-5-25-21(13-20(23-25)16(2)3)22(26)24(15-19-11-8-12-27-19)14-18-10-7-6-9-17(18)4/h6-7,9-10,13,16,19H,5,8,11-12,14-15H2,1-4H3/t19-/m0/s1. The highest BCUT2D eigenvalue weighted by Crippen LogP contribution is 2.21. The Morgan fingerprint density at radius 2 is 2.15 bits per heavy atom. The molecule has 2 heterocycles. The first kappa shape index (κ1) is 19.6. The lowest BCUT2D eigenvalue weighted by atomic mass is 10.1. The second-order valence-electron chi connectivity index (χ2n) is 7.67. The summed E-state index contributed by atoms with van der Waals surface area (Å²) in [5, 5.41) is 4.63. The SMILES string of the molecule is CCn1nc(C(C)C)cc1C(=O)N(Cc1ccccc1C)C[C@@H]1CCCO1. The zero-order valence-corrected chi connectivity index (χ0v) is 16.9. The molecule has 1 aromatic carbocycles. The van der Waals surface area contributed by atoms with Gasteiger partial charge in [0.25, 0.3) is 5.91 Å². The number of ether oxygens (including phenoxy) is 1. The predicted molar refractivity (Wildman–Crippen MR) is 107 cm³/mol. The fourth-order valence-electron chi connectivity index (χ4n) is 3.54. The van der Waals surface area contributed by atoms with E-state index in [2.05, 4.69) is 38.0 Å². The quantitative estimate of drug-likeness (QED) is 0.736. The van der Waals surface area contributed by atoms with Gasteiger partial charge in [0, 0.05) is 26.2 Å². The van der Waals surface area contributed by atoms with Crippen molar-refractivity contribution in [1.82, 2.24) is 14.7 Å². The lowest BCUT2D eigenvalue weighted by Crippen LogP contribution is -2.38. The van der Waals surface area contributed by atoms with E-state index in [-0.39, 0.29) is 12.0 Å². The summed E-state index contributed by atoms with van der Waals surface area (Å²) in [5.41, 5.74) is 4.02. The van der Waals surface area contributed by atoms with E-state index in [9.17, 15) is 4.79 Å². The number of amides is 1. The van der Waals surface area contributed by atoms with Crippen molar-refractivity contribution in [2.45, 2.75) is 65.6 Å². The Bertz CT molecular complexity index is 776. The first-order valence-corrected chi connectivity index (χ1v) is 10.0. The van der Waals surface area contributed by atoms with Crippen LogP contribution >= 0.6 is 0 Å². The molecule has 1 aliphatic heterocycles. The molecule has 2 aromatic rings. The van der Waals surface area contributed by atoms with Crippen LogP contribution in [0.15, 0.2) is 30.3 Å². The number of aromatic nitrogens is 2. The number of carbonyl (C=O) groups excluding carboxylic acids is 1. The lowest BCUT2D eigenvalue weighted by Gasteiger charge is -2.26. The van der Waals surface area contributed by atoms with Crippen LogP contribution in [-0.4, -0.2) is 39.8 Å². The zero-order valence-electron chi connectivity index (χ0n) is 16.9. The monoisotopic (exact) mass is 369 g/mol. The van der Waals surface area contributed by atoms with E-state index in [1.54, 1.807) is 0 Å². The second-order valence-corrected chi connectivity index (χ2v) is 7.67. The Balaban J connectivity index is 1.89. The fraction of sp³-hybridized carbons (Fsp3) is 0.545. The summed E-state index contributed by atoms with van der Waals surface area (Å²) in [6.07, 6.45) is 2.21. The average molecular weight is 370 g/mol. The van der Waals surface area contributed by atoms with Crippen LogP contribution in [0.3, 0.4) is 0 Å². The molecule has 0 radical (unpaired) electrons. The van der Waals surface area contributed by atoms with Crippen molar-refractivity contribution >= 4 is 5.91 Å². The maximum Gasteiger partial charge on any atom is 0.272 e. The summed E-state index contributed by atoms with van der Waals surface area (Å²) in [5.74, 6) is 0.335. The maximum atomic E-state index is 13.5. The first-order chi connectivity index (χ1) is 13.0. The third-order valence-electron chi connectivity index (χ3n) is 5.27. The van der Waals surface area contributed by atoms with E-state index in [1.165, 1.54) is 11.1 Å². The Morgan fingerprint density at radius 3 is 2.78 bits per heavy atom. The third kappa shape index (κ3) is 4.59. The molecule has 146 valence electrons. The molecule has 1 amide bonds. The first-order valence-electron chi connectivity index (χ1n) is 10.0. The molecule has 0 spiro atoms. The van der Waals surface area contributed by atoms with Gasteiger partial charge in [-0.15, -0.1) is 0 Å². The van der Waals surface area contributed by atoms with Crippen molar-refractivity contribution in [3.8, 4) is 0 Å². The van der Waals surface area contributed by atoms with Gasteiger partial charge >= 0.3 is 0 Å². The molecular formula is C22H31N3O2. The van der Waals surface area contributed by atoms with Crippen LogP contribution in [0.2, 0.25) is 0 Å². The van der Waals surface area contributed by atoms with Crippen molar-refractivity contribution in [3.05, 3.63) is 52.8 Å². The predicted octanol–water partition coefficient (Wildman–Crippen LogP) is 4.16. The van der Waals surface area contributed by atoms with Crippen molar-refractivity contribution in [2.75, 3.05) is 13.2 Å². The molecular weight excluding hydrogens is 338 g/mol. The van der Waals surface area contributed by atoms with E-state index < -0.39 is 0 Å². The molecule has 1 aliphatic rings. The van der Waals surface area contributed by atoms with E-state index >= 15 is 0 Å². The van der Waals surface area contributed by atoms with Crippen LogP contribution in [0.4, 0.5) is 0 Å². The van der Waals surface area contributed by atoms with Gasteiger partial charge in [0.15, 0.2) is 0 Å². The van der Waals surface area contributed by atoms with Crippen molar-refractivity contribution < 1.29 is 9.53 Å². The number of hydrogen-bond acceptors (Lipinski definition) is 3. The van der Waals surface area contributed by atoms with Gasteiger partial charge in [0.1, 0.15) is 5.69 Å². The topological polar surface area (TPSA) is 47.4 Å². The Kier molecular flexibility index (Phi) is 6.32. The molecule has 1 saturated heterocycles. The zero-order chi connectivity index (χ0) is 19.4. The van der Waals surface area contributed by atoms with Crippen LogP contribution < -0.4 is 0 Å². The number of nitrogens with zero attached hydrogens (tertiary/aromatic N) is 3. The molecule has 0 N–H and O–H groups in total. The van der Waals surface area contributed by atoms with Gasteiger partial charge in [-0.3, -0.25) is 9.48 Å². The average Bonchev–Trinajstić information content (AvgIpc) is 3.31. The number of aryl methyl sites for hydroxylation is 2. The Labute approximate surface area is 162 Å². The minimum Gasteiger partial charge on any atom is -0.376 e. The highest BCUT2D eigenvalue weighted by atomic mass is 16.5. The molecule has 27 heavy (non-hydrogen) atoms. The Hall–Kier alpha value is -2.14. The van der Waals surface area contributed by atoms with Crippen molar-refractivity contribution in [1.29, 1.82) is 0 Å². The highest BCUT2D eigenvalue weighted by Gasteiger charge is 2.26. The van der Waals surface area contributed by atoms with E-state index in [0.717, 1.165) is 25.1 Å². The molecule has 3 rings (SSSR count). The summed E-state index contributed by atoms with van der Waals surface area (Å²) in [6.45, 7) is 11.0. The molecule has 0 bridgehead atoms. The van der Waals surface area contributed by atoms with Crippen LogP contribution in [-0.2, 0) is 17.8 Å². The van der Waals surface area contributed by atoms with Gasteiger partial charge < -0.3 is 9.64 Å². The molecule has 1 aromatic heterocycles. The maximum absolute atomic E-state index is 13.5. The Morgan fingerprint density at radius 1 is 1.37 bits per heavy atom. The number of benzene rings is 1. The molecule has 1 atom stereocenters. The van der Waals surface area contributed by atoms with Crippen molar-refractivity contribution in [2.24, 2.45) is 0 Å². The van der Waals surface area contributed by atoms with Crippen LogP contribution in [0.25, 0.3) is 0 Å². The van der Waals surface area contributed by atoms with Gasteiger partial charge in [-0.2, -0.15) is 5.10 Å². The number of hydrogen-bond donors (Lipinski definition) is 0. The molecule has 0 saturated carbocycles. The smallest absolute Gasteiger partial charge is 0.272 e. The van der Waals surface area contributed by atoms with E-state index in [4.69, 9.17) is 4.74 Å². The van der Waals surface area contributed by atoms with Gasteiger partial charge in [-0.1, -0.05) is 38.1 Å². The van der Waals surface area contributed by atoms with E-state index in [1.807, 2.05) is 34.7 Å². The van der Waals surface area contributed by atoms with Crippen LogP contribution in [0, 0.1) is 6.92 Å². The van der Waals surface area contributed by atoms with Gasteiger partial charge in [-0.25, -0.2) is 0 Å². The number of rotatable bonds is 7. The minimum atomic E-state index is 0.0370. The van der Waals surface area contributed by atoms with Gasteiger partial charge in [0.05, 0.1) is 11.8 Å². The molecule has 5 heteroatoms. The van der Waals surface area contributed by atoms with Crippen LogP contribution in [0.1, 0.15) is 66.8 Å². The van der Waals surface area contributed by atoms with Gasteiger partial charge in [0.2, 0.25) is 0 Å². The summed E-state index contributed by atoms with van der Waals surface area (Å²) < 4.78 is 7.65. The normalized spacial score (nSPS) is 16.9. The van der Waals surface area contributed by atoms with Crippen LogP contribution in [0.5, 0.6) is 0 Å². The summed E-state index contributed by atoms with van der Waals surface area (Å²) in [7, 11) is 0. The third-order valence-corrected chi connectivity index (χ3v) is 5.27. The van der Waals surface area contributed by atoms with Crippen molar-refractivity contribution in [3.63, 3.8) is 0 Å². The summed E-state index contributed by atoms with van der Waals surface area (Å²) >= 11 is 0. The minimum absolute atomic E-state index is 0.0370. The molecule has 0 aliphatic carbocycles. The highest BCUT2D eigenvalue weighted by molar-refractivity contribution is 5.92. The van der Waals surface area contributed by atoms with E-state index in [0.29, 0.717) is 31.2 Å². The molecule has 1 fully saturated rings. The fourth-order valence-corrected chi connectivity index (χ4v) is 3.54. The summed E-state index contributed by atoms with van der Waals surface area (Å²) in [4.78, 5) is 15.4. The number of carbonyl (C=O) groups is 1. The second kappa shape index (κ2) is 8.70. The molecule has 5 nitrogen and oxygen atoms in total. The molecule has 0 unspecified atom stereocenters. The summed E-state index contributed by atoms with van der Waals surface area (Å²) in [6, 6.07) is 10.2. The van der Waals surface area contributed by atoms with Gasteiger partial charge in [-0.05, 0) is 49.8 Å². The lowest BCUT2D eigenvalue weighted by molar-refractivity contribution is 0.0497. The largest absolute Gasteiger partial charge is 0.376 e.